The molecule has 1 N–H and O–H groups in total. The predicted octanol–water partition coefficient (Wildman–Crippen LogP) is 4.06. The lowest BCUT2D eigenvalue weighted by molar-refractivity contribution is -0.117. The van der Waals surface area contributed by atoms with E-state index in [4.69, 9.17) is 16.3 Å². The van der Waals surface area contributed by atoms with Crippen molar-refractivity contribution in [3.8, 4) is 5.88 Å². The molecule has 7 nitrogen and oxygen atoms in total. The van der Waals surface area contributed by atoms with Gasteiger partial charge >= 0.3 is 0 Å². The number of anilines is 1. The first-order valence-corrected chi connectivity index (χ1v) is 10.4. The molecule has 3 heterocycles. The van der Waals surface area contributed by atoms with Crippen LogP contribution in [-0.2, 0) is 17.9 Å². The van der Waals surface area contributed by atoms with Crippen molar-refractivity contribution < 1.29 is 23.1 Å². The smallest absolute Gasteiger partial charge is 0.272 e. The van der Waals surface area contributed by atoms with Crippen LogP contribution in [0.5, 0.6) is 5.88 Å². The van der Waals surface area contributed by atoms with Crippen LogP contribution >= 0.6 is 11.6 Å². The minimum atomic E-state index is -2.63. The molecule has 4 rings (SSSR count). The maximum absolute atomic E-state index is 12.8. The zero-order valence-electron chi connectivity index (χ0n) is 16.6. The van der Waals surface area contributed by atoms with E-state index < -0.39 is 13.0 Å². The molecule has 2 aliphatic rings. The molecule has 2 aromatic rings. The number of ether oxygens (including phenoxy) is 1. The van der Waals surface area contributed by atoms with Crippen LogP contribution in [0.3, 0.4) is 0 Å². The Morgan fingerprint density at radius 2 is 2.16 bits per heavy atom. The summed E-state index contributed by atoms with van der Waals surface area (Å²) in [6.07, 6.45) is 4.09. The lowest BCUT2D eigenvalue weighted by atomic mass is 9.83. The summed E-state index contributed by atoms with van der Waals surface area (Å²) in [5.41, 5.74) is 1.79. The van der Waals surface area contributed by atoms with Gasteiger partial charge in [-0.1, -0.05) is 18.0 Å². The van der Waals surface area contributed by atoms with Crippen molar-refractivity contribution in [2.75, 3.05) is 11.9 Å². The Morgan fingerprint density at radius 3 is 2.84 bits per heavy atom. The molecular weight excluding hydrogens is 430 g/mol. The summed E-state index contributed by atoms with van der Waals surface area (Å²) in [6, 6.07) is 3.16. The summed E-state index contributed by atoms with van der Waals surface area (Å²) >= 11 is 6.07. The number of nitrogens with one attached hydrogen (secondary N) is 1. The minimum absolute atomic E-state index is 0.0811. The quantitative estimate of drug-likeness (QED) is 0.655. The molecule has 0 unspecified atom stereocenters. The van der Waals surface area contributed by atoms with Crippen LogP contribution in [0.4, 0.5) is 14.6 Å². The zero-order chi connectivity index (χ0) is 22.0. The second-order valence-electron chi connectivity index (χ2n) is 7.73. The summed E-state index contributed by atoms with van der Waals surface area (Å²) in [6.45, 7) is -0.304. The fourth-order valence-electron chi connectivity index (χ4n) is 3.68. The van der Waals surface area contributed by atoms with Gasteiger partial charge in [-0.3, -0.25) is 9.59 Å². The van der Waals surface area contributed by atoms with Crippen LogP contribution in [0, 0.1) is 5.92 Å². The largest absolute Gasteiger partial charge is 0.471 e. The van der Waals surface area contributed by atoms with Gasteiger partial charge in [0.1, 0.15) is 10.8 Å². The van der Waals surface area contributed by atoms with Crippen LogP contribution < -0.4 is 10.1 Å². The van der Waals surface area contributed by atoms with Gasteiger partial charge in [0, 0.05) is 36.5 Å². The molecule has 0 radical (unpaired) electrons. The summed E-state index contributed by atoms with van der Waals surface area (Å²) in [5.74, 6) is 0.472. The number of carbonyl (C=O) groups is 2. The Labute approximate surface area is 182 Å². The molecule has 1 aliphatic heterocycles. The highest BCUT2D eigenvalue weighted by Gasteiger charge is 2.31. The van der Waals surface area contributed by atoms with Crippen molar-refractivity contribution >= 4 is 29.2 Å². The van der Waals surface area contributed by atoms with Gasteiger partial charge in [0.25, 0.3) is 12.3 Å². The molecule has 0 atom stereocenters. The van der Waals surface area contributed by atoms with E-state index in [1.54, 1.807) is 11.0 Å². The third-order valence-electron chi connectivity index (χ3n) is 5.46. The number of pyridine rings is 2. The van der Waals surface area contributed by atoms with Gasteiger partial charge in [-0.15, -0.1) is 0 Å². The molecular formula is C21H21ClF2N4O3. The molecule has 164 valence electrons. The van der Waals surface area contributed by atoms with Crippen molar-refractivity contribution in [1.82, 2.24) is 14.9 Å². The van der Waals surface area contributed by atoms with E-state index in [1.165, 1.54) is 24.9 Å². The summed E-state index contributed by atoms with van der Waals surface area (Å²) in [5, 5.41) is 2.94. The summed E-state index contributed by atoms with van der Waals surface area (Å²) in [7, 11) is 0. The van der Waals surface area contributed by atoms with Gasteiger partial charge in [0.05, 0.1) is 6.54 Å². The number of alkyl halides is 2. The van der Waals surface area contributed by atoms with Crippen LogP contribution in [0.2, 0.25) is 5.02 Å². The van der Waals surface area contributed by atoms with E-state index >= 15 is 0 Å². The van der Waals surface area contributed by atoms with Crippen molar-refractivity contribution in [3.63, 3.8) is 0 Å². The molecule has 2 aromatic heterocycles. The van der Waals surface area contributed by atoms with Crippen molar-refractivity contribution in [2.45, 2.75) is 45.2 Å². The average Bonchev–Trinajstić information content (AvgIpc) is 3.01. The number of hydrogen-bond donors (Lipinski definition) is 1. The molecule has 0 aromatic carbocycles. The van der Waals surface area contributed by atoms with Gasteiger partial charge in [0.2, 0.25) is 11.8 Å². The van der Waals surface area contributed by atoms with Crippen LogP contribution in [0.15, 0.2) is 24.5 Å². The fourth-order valence-corrected chi connectivity index (χ4v) is 3.93. The highest BCUT2D eigenvalue weighted by Crippen LogP contribution is 2.32. The number of fused-ring (bicyclic) bond motifs is 1. The minimum Gasteiger partial charge on any atom is -0.471 e. The van der Waals surface area contributed by atoms with Crippen LogP contribution in [-0.4, -0.2) is 39.7 Å². The maximum atomic E-state index is 12.8. The zero-order valence-corrected chi connectivity index (χ0v) is 17.4. The first-order valence-electron chi connectivity index (χ1n) is 10.0. The highest BCUT2D eigenvalue weighted by atomic mass is 35.5. The number of nitrogens with zero attached hydrogens (tertiary/aromatic N) is 3. The maximum Gasteiger partial charge on any atom is 0.272 e. The first-order chi connectivity index (χ1) is 14.9. The second-order valence-corrected chi connectivity index (χ2v) is 8.14. The Morgan fingerprint density at radius 1 is 1.35 bits per heavy atom. The van der Waals surface area contributed by atoms with Gasteiger partial charge in [-0.2, -0.15) is 0 Å². The number of rotatable bonds is 8. The summed E-state index contributed by atoms with van der Waals surface area (Å²) < 4.78 is 29.5. The monoisotopic (exact) mass is 450 g/mol. The van der Waals surface area contributed by atoms with Crippen LogP contribution in [0.1, 0.15) is 47.2 Å². The molecule has 1 saturated carbocycles. The first kappa shape index (κ1) is 21.4. The average molecular weight is 451 g/mol. The topological polar surface area (TPSA) is 84.4 Å². The third kappa shape index (κ3) is 4.92. The van der Waals surface area contributed by atoms with E-state index in [-0.39, 0.29) is 35.8 Å². The standard InChI is InChI=1S/C21H21ClF2N4O3/c22-16-6-13(8-26-20(16)31-11-17(23)24)9-28-10-15-14(21(28)30)4-5-25-19(15)27-18(29)7-12-2-1-3-12/h4-6,8,12,17H,1-3,7,9-11H2,(H,25,27,29). The summed E-state index contributed by atoms with van der Waals surface area (Å²) in [4.78, 5) is 34.9. The molecule has 0 spiro atoms. The third-order valence-corrected chi connectivity index (χ3v) is 5.73. The van der Waals surface area contributed by atoms with E-state index in [9.17, 15) is 18.4 Å². The molecule has 1 aliphatic carbocycles. The fraction of sp³-hybridized carbons (Fsp3) is 0.429. The Balaban J connectivity index is 1.43. The molecule has 31 heavy (non-hydrogen) atoms. The molecule has 2 amide bonds. The lowest BCUT2D eigenvalue weighted by Gasteiger charge is -2.24. The Hall–Kier alpha value is -2.81. The SMILES string of the molecule is O=C(CC1CCC1)Nc1nccc2c1CN(Cc1cnc(OCC(F)F)c(Cl)c1)C2=O. The number of amides is 2. The van der Waals surface area contributed by atoms with E-state index in [0.717, 1.165) is 12.8 Å². The van der Waals surface area contributed by atoms with Gasteiger partial charge in [-0.25, -0.2) is 18.7 Å². The lowest BCUT2D eigenvalue weighted by Crippen LogP contribution is -2.23. The van der Waals surface area contributed by atoms with Gasteiger partial charge < -0.3 is 15.0 Å². The molecule has 0 saturated heterocycles. The molecule has 10 heteroatoms. The number of hydrogen-bond acceptors (Lipinski definition) is 5. The molecule has 0 bridgehead atoms. The Bertz CT molecular complexity index is 1000. The van der Waals surface area contributed by atoms with Crippen molar-refractivity contribution in [3.05, 3.63) is 46.2 Å². The predicted molar refractivity (Wildman–Crippen MR) is 109 cm³/mol. The molecule has 1 fully saturated rings. The number of carbonyl (C=O) groups excluding carboxylic acids is 2. The van der Waals surface area contributed by atoms with Crippen LogP contribution in [0.25, 0.3) is 0 Å². The normalized spacial score (nSPS) is 15.7. The van der Waals surface area contributed by atoms with E-state index in [0.29, 0.717) is 34.8 Å². The van der Waals surface area contributed by atoms with Crippen molar-refractivity contribution in [1.29, 1.82) is 0 Å². The number of aromatic nitrogens is 2. The van der Waals surface area contributed by atoms with Gasteiger partial charge in [0.15, 0.2) is 6.61 Å². The number of halogens is 3. The highest BCUT2D eigenvalue weighted by molar-refractivity contribution is 6.31. The van der Waals surface area contributed by atoms with Crippen molar-refractivity contribution in [2.24, 2.45) is 5.92 Å². The van der Waals surface area contributed by atoms with Gasteiger partial charge in [-0.05, 0) is 36.5 Å². The Kier molecular flexibility index (Phi) is 6.31. The van der Waals surface area contributed by atoms with E-state index in [2.05, 4.69) is 15.3 Å². The van der Waals surface area contributed by atoms with E-state index in [1.807, 2.05) is 0 Å². The second kappa shape index (κ2) is 9.13.